The molecular formula is C15H17N5O5. The molecular weight excluding hydrogens is 330 g/mol. The average molecular weight is 347 g/mol. The van der Waals surface area contributed by atoms with Gasteiger partial charge in [0.2, 0.25) is 11.9 Å². The highest BCUT2D eigenvalue weighted by molar-refractivity contribution is 5.94. The van der Waals surface area contributed by atoms with Crippen molar-refractivity contribution in [1.82, 2.24) is 14.9 Å². The molecule has 1 N–H and O–H groups in total. The van der Waals surface area contributed by atoms with Gasteiger partial charge in [-0.3, -0.25) is 19.1 Å². The largest absolute Gasteiger partial charge is 0.313 e. The third-order valence-corrected chi connectivity index (χ3v) is 3.90. The van der Waals surface area contributed by atoms with Crippen LogP contribution in [-0.2, 0) is 16.2 Å². The van der Waals surface area contributed by atoms with E-state index in [1.54, 1.807) is 24.3 Å². The third kappa shape index (κ3) is 3.58. The van der Waals surface area contributed by atoms with Gasteiger partial charge >= 0.3 is 0 Å². The van der Waals surface area contributed by atoms with E-state index in [-0.39, 0.29) is 31.2 Å². The summed E-state index contributed by atoms with van der Waals surface area (Å²) in [6.07, 6.45) is 0.656. The lowest BCUT2D eigenvalue weighted by Crippen LogP contribution is -2.46. The summed E-state index contributed by atoms with van der Waals surface area (Å²) in [6, 6.07) is 7.02. The van der Waals surface area contributed by atoms with Crippen LogP contribution < -0.4 is 15.8 Å². The number of carbonyl (C=O) groups is 1. The first-order valence-corrected chi connectivity index (χ1v) is 7.86. The topological polar surface area (TPSA) is 120 Å². The van der Waals surface area contributed by atoms with Crippen molar-refractivity contribution in [3.63, 3.8) is 0 Å². The van der Waals surface area contributed by atoms with Crippen molar-refractivity contribution in [3.05, 3.63) is 44.7 Å². The Hall–Kier alpha value is -3.01. The first-order chi connectivity index (χ1) is 12.1. The molecule has 1 amide bonds. The Balaban J connectivity index is 1.76. The summed E-state index contributed by atoms with van der Waals surface area (Å²) in [7, 11) is 0. The predicted octanol–water partition coefficient (Wildman–Crippen LogP) is -0.0689. The van der Waals surface area contributed by atoms with Gasteiger partial charge in [0.15, 0.2) is 0 Å². The molecule has 132 valence electrons. The molecule has 1 aliphatic heterocycles. The van der Waals surface area contributed by atoms with Gasteiger partial charge in [0.25, 0.3) is 10.6 Å². The average Bonchev–Trinajstić information content (AvgIpc) is 2.61. The van der Waals surface area contributed by atoms with E-state index < -0.39 is 5.09 Å². The van der Waals surface area contributed by atoms with Gasteiger partial charge in [0, 0.05) is 19.6 Å². The zero-order chi connectivity index (χ0) is 17.8. The van der Waals surface area contributed by atoms with E-state index in [0.717, 1.165) is 0 Å². The minimum atomic E-state index is -0.883. The highest BCUT2D eigenvalue weighted by atomic mass is 16.9. The fourth-order valence-corrected chi connectivity index (χ4v) is 2.77. The lowest BCUT2D eigenvalue weighted by Gasteiger charge is -2.29. The van der Waals surface area contributed by atoms with Gasteiger partial charge in [-0.25, -0.2) is 4.98 Å². The molecule has 0 bridgehead atoms. The van der Waals surface area contributed by atoms with E-state index in [1.807, 2.05) is 0 Å². The molecule has 1 aromatic heterocycles. The van der Waals surface area contributed by atoms with Crippen LogP contribution in [-0.4, -0.2) is 46.8 Å². The predicted molar refractivity (Wildman–Crippen MR) is 88.8 cm³/mol. The Morgan fingerprint density at radius 1 is 1.36 bits per heavy atom. The lowest BCUT2D eigenvalue weighted by atomic mass is 10.2. The second-order valence-corrected chi connectivity index (χ2v) is 5.52. The molecule has 0 radical (unpaired) electrons. The van der Waals surface area contributed by atoms with Gasteiger partial charge in [0.05, 0.1) is 17.4 Å². The number of rotatable bonds is 6. The Bertz CT molecular complexity index is 865. The summed E-state index contributed by atoms with van der Waals surface area (Å²) in [4.78, 5) is 45.2. The highest BCUT2D eigenvalue weighted by Gasteiger charge is 2.25. The van der Waals surface area contributed by atoms with Crippen LogP contribution in [0.2, 0.25) is 0 Å². The zero-order valence-electron chi connectivity index (χ0n) is 13.4. The maximum atomic E-state index is 12.6. The van der Waals surface area contributed by atoms with Crippen LogP contribution in [0.1, 0.15) is 6.42 Å². The minimum Gasteiger partial charge on any atom is -0.313 e. The van der Waals surface area contributed by atoms with Crippen molar-refractivity contribution < 1.29 is 14.7 Å². The molecule has 1 aliphatic rings. The Kier molecular flexibility index (Phi) is 4.89. The van der Waals surface area contributed by atoms with Crippen molar-refractivity contribution >= 4 is 22.8 Å². The van der Waals surface area contributed by atoms with Crippen molar-refractivity contribution in [3.8, 4) is 0 Å². The summed E-state index contributed by atoms with van der Waals surface area (Å²) in [5.41, 5.74) is 0.385. The van der Waals surface area contributed by atoms with Crippen molar-refractivity contribution in [2.75, 3.05) is 31.1 Å². The van der Waals surface area contributed by atoms with Gasteiger partial charge in [-0.05, 0) is 18.6 Å². The highest BCUT2D eigenvalue weighted by Crippen LogP contribution is 2.19. The van der Waals surface area contributed by atoms with E-state index in [2.05, 4.69) is 15.1 Å². The molecule has 0 unspecified atom stereocenters. The van der Waals surface area contributed by atoms with Gasteiger partial charge in [-0.15, -0.1) is 10.1 Å². The second kappa shape index (κ2) is 7.26. The number of carbonyl (C=O) groups excluding carboxylic acids is 1. The first-order valence-electron chi connectivity index (χ1n) is 7.86. The molecule has 0 spiro atoms. The fraction of sp³-hybridized carbons (Fsp3) is 0.400. The van der Waals surface area contributed by atoms with Crippen molar-refractivity contribution in [2.45, 2.75) is 13.0 Å². The lowest BCUT2D eigenvalue weighted by molar-refractivity contribution is -0.757. The molecule has 0 atom stereocenters. The van der Waals surface area contributed by atoms with E-state index >= 15 is 0 Å². The summed E-state index contributed by atoms with van der Waals surface area (Å²) in [5, 5.41) is 12.5. The number of para-hydroxylation sites is 1. The normalized spacial score (nSPS) is 13.5. The molecule has 0 saturated carbocycles. The van der Waals surface area contributed by atoms with E-state index in [1.165, 1.54) is 9.47 Å². The molecule has 0 aliphatic carbocycles. The molecule has 1 aromatic carbocycles. The van der Waals surface area contributed by atoms with Crippen LogP contribution in [0.15, 0.2) is 29.1 Å². The van der Waals surface area contributed by atoms with Crippen LogP contribution >= 0.6 is 0 Å². The number of aromatic nitrogens is 2. The van der Waals surface area contributed by atoms with Crippen LogP contribution in [0.25, 0.3) is 10.9 Å². The monoisotopic (exact) mass is 347 g/mol. The summed E-state index contributed by atoms with van der Waals surface area (Å²) < 4.78 is 1.51. The maximum absolute atomic E-state index is 12.6. The van der Waals surface area contributed by atoms with E-state index in [9.17, 15) is 19.7 Å². The number of anilines is 1. The summed E-state index contributed by atoms with van der Waals surface area (Å²) in [5.74, 6) is 0.0834. The van der Waals surface area contributed by atoms with Gasteiger partial charge in [-0.1, -0.05) is 12.1 Å². The molecule has 10 heteroatoms. The number of benzene rings is 1. The SMILES string of the molecule is O=C(CNCCO[N+](=O)[O-])N1CCCn2c1nc1ccccc1c2=O. The number of fused-ring (bicyclic) bond motifs is 2. The summed E-state index contributed by atoms with van der Waals surface area (Å²) in [6.45, 7) is 0.984. The van der Waals surface area contributed by atoms with E-state index in [4.69, 9.17) is 0 Å². The van der Waals surface area contributed by atoms with Crippen LogP contribution in [0.3, 0.4) is 0 Å². The second-order valence-electron chi connectivity index (χ2n) is 5.52. The van der Waals surface area contributed by atoms with Crippen LogP contribution in [0.4, 0.5) is 5.95 Å². The molecule has 25 heavy (non-hydrogen) atoms. The first kappa shape index (κ1) is 16.8. The van der Waals surface area contributed by atoms with Crippen LogP contribution in [0, 0.1) is 10.1 Å². The fourth-order valence-electron chi connectivity index (χ4n) is 2.77. The number of nitrogens with zero attached hydrogens (tertiary/aromatic N) is 4. The van der Waals surface area contributed by atoms with Gasteiger partial charge in [-0.2, -0.15) is 0 Å². The standard InChI is InChI=1S/C15H17N5O5/c21-13(10-16-6-9-25-20(23)24)18-7-3-8-19-14(22)11-4-1-2-5-12(11)17-15(18)19/h1-2,4-5,16H,3,6-10H2. The summed E-state index contributed by atoms with van der Waals surface area (Å²) >= 11 is 0. The molecule has 0 saturated heterocycles. The Morgan fingerprint density at radius 3 is 2.96 bits per heavy atom. The number of hydrogen-bond donors (Lipinski definition) is 1. The van der Waals surface area contributed by atoms with Crippen LogP contribution in [0.5, 0.6) is 0 Å². The number of amides is 1. The van der Waals surface area contributed by atoms with Gasteiger partial charge in [0.1, 0.15) is 6.61 Å². The minimum absolute atomic E-state index is 0.0240. The number of nitrogens with one attached hydrogen (secondary N) is 1. The Labute approximate surface area is 142 Å². The van der Waals surface area contributed by atoms with Gasteiger partial charge < -0.3 is 10.2 Å². The Morgan fingerprint density at radius 2 is 2.16 bits per heavy atom. The molecule has 3 rings (SSSR count). The molecule has 0 fully saturated rings. The molecule has 2 heterocycles. The maximum Gasteiger partial charge on any atom is 0.294 e. The van der Waals surface area contributed by atoms with E-state index in [0.29, 0.717) is 36.4 Å². The smallest absolute Gasteiger partial charge is 0.294 e. The quantitative estimate of drug-likeness (QED) is 0.441. The molecule has 2 aromatic rings. The zero-order valence-corrected chi connectivity index (χ0v) is 13.4. The van der Waals surface area contributed by atoms with Crippen molar-refractivity contribution in [1.29, 1.82) is 0 Å². The van der Waals surface area contributed by atoms with Crippen molar-refractivity contribution in [2.24, 2.45) is 0 Å². The molecule has 10 nitrogen and oxygen atoms in total. The third-order valence-electron chi connectivity index (χ3n) is 3.90. The number of hydrogen-bond acceptors (Lipinski definition) is 7.